The Labute approximate surface area is 211 Å². The molecule has 0 radical (unpaired) electrons. The average molecular weight is 472 g/mol. The summed E-state index contributed by atoms with van der Waals surface area (Å²) in [6.45, 7) is 14.5. The van der Waals surface area contributed by atoms with Crippen LogP contribution in [0.3, 0.4) is 0 Å². The van der Waals surface area contributed by atoms with Crippen molar-refractivity contribution in [3.8, 4) is 11.1 Å². The van der Waals surface area contributed by atoms with Crippen LogP contribution in [0.25, 0.3) is 23.3 Å². The first-order valence-corrected chi connectivity index (χ1v) is 12.8. The Morgan fingerprint density at radius 1 is 1.06 bits per heavy atom. The quantitative estimate of drug-likeness (QED) is 0.354. The van der Waals surface area contributed by atoms with Crippen molar-refractivity contribution < 1.29 is 0 Å². The van der Waals surface area contributed by atoms with E-state index in [1.165, 1.54) is 22.4 Å². The third-order valence-electron chi connectivity index (χ3n) is 5.74. The lowest BCUT2D eigenvalue weighted by Crippen LogP contribution is -2.30. The van der Waals surface area contributed by atoms with E-state index >= 15 is 0 Å². The molecule has 0 aromatic heterocycles. The summed E-state index contributed by atoms with van der Waals surface area (Å²) < 4.78 is 0. The Hall–Kier alpha value is -3.15. The molecule has 2 aromatic rings. The highest BCUT2D eigenvalue weighted by molar-refractivity contribution is 5.77. The molecule has 0 saturated heterocycles. The molecule has 0 saturated carbocycles. The fourth-order valence-electron chi connectivity index (χ4n) is 3.82. The summed E-state index contributed by atoms with van der Waals surface area (Å²) in [5.41, 5.74) is 14.0. The molecule has 0 fully saturated rings. The summed E-state index contributed by atoms with van der Waals surface area (Å²) >= 11 is 0. The second kappa shape index (κ2) is 14.3. The van der Waals surface area contributed by atoms with Crippen molar-refractivity contribution in [3.63, 3.8) is 0 Å². The van der Waals surface area contributed by atoms with E-state index < -0.39 is 0 Å². The Kier molecular flexibility index (Phi) is 10.8. The average Bonchev–Trinajstić information content (AvgIpc) is 2.86. The van der Waals surface area contributed by atoms with Crippen LogP contribution in [0.5, 0.6) is 0 Å². The lowest BCUT2D eigenvalue weighted by Gasteiger charge is -2.10. The molecule has 186 valence electrons. The van der Waals surface area contributed by atoms with Crippen LogP contribution in [0, 0.1) is 5.92 Å². The number of aliphatic imine (C=N–C) groups is 1. The van der Waals surface area contributed by atoms with Gasteiger partial charge in [0.25, 0.3) is 0 Å². The summed E-state index contributed by atoms with van der Waals surface area (Å²) in [7, 11) is 0. The van der Waals surface area contributed by atoms with Crippen LogP contribution < -0.4 is 21.5 Å². The van der Waals surface area contributed by atoms with Crippen molar-refractivity contribution in [2.24, 2.45) is 10.9 Å². The van der Waals surface area contributed by atoms with E-state index in [0.29, 0.717) is 5.92 Å². The molecular formula is C30H41N5. The predicted octanol–water partition coefficient (Wildman–Crippen LogP) is 6.06. The van der Waals surface area contributed by atoms with E-state index in [1.54, 1.807) is 0 Å². The first-order chi connectivity index (χ1) is 17.0. The summed E-state index contributed by atoms with van der Waals surface area (Å²) in [6.07, 6.45) is 11.5. The standard InChI is InChI=1S/C30H41N5/c1-23(2)22-31-18-19-32-25(4)20-26-9-12-27(13-10-26)28-14-15-30-29(21-28)11-8-24(3)35-34-17-7-5-6-16-33-30/h8-16,20-21,23,31-32,34-35H,3,5-7,17-19,22H2,1-2,4H3/b11-8-,25-20+,33-16+. The van der Waals surface area contributed by atoms with Gasteiger partial charge in [0, 0.05) is 42.8 Å². The van der Waals surface area contributed by atoms with Crippen LogP contribution >= 0.6 is 0 Å². The molecule has 5 nitrogen and oxygen atoms in total. The number of nitrogens with one attached hydrogen (secondary N) is 4. The Morgan fingerprint density at radius 3 is 2.66 bits per heavy atom. The maximum Gasteiger partial charge on any atom is 0.0698 e. The van der Waals surface area contributed by atoms with E-state index in [9.17, 15) is 0 Å². The van der Waals surface area contributed by atoms with Gasteiger partial charge in [-0.15, -0.1) is 0 Å². The monoisotopic (exact) mass is 471 g/mol. The maximum atomic E-state index is 4.74. The number of hydrogen-bond acceptors (Lipinski definition) is 5. The molecule has 0 amide bonds. The predicted molar refractivity (Wildman–Crippen MR) is 153 cm³/mol. The first kappa shape index (κ1) is 26.5. The van der Waals surface area contributed by atoms with Crippen LogP contribution in [0.15, 0.2) is 71.5 Å². The van der Waals surface area contributed by atoms with E-state index in [0.717, 1.165) is 62.4 Å². The number of hydrogen-bond donors (Lipinski definition) is 4. The number of nitrogens with zero attached hydrogens (tertiary/aromatic N) is 1. The summed E-state index contributed by atoms with van der Waals surface area (Å²) in [6, 6.07) is 15.2. The van der Waals surface area contributed by atoms with Gasteiger partial charge in [-0.2, -0.15) is 0 Å². The van der Waals surface area contributed by atoms with Gasteiger partial charge in [-0.05, 0) is 79.6 Å². The van der Waals surface area contributed by atoms with Crippen molar-refractivity contribution in [3.05, 3.63) is 77.6 Å². The molecule has 0 atom stereocenters. The van der Waals surface area contributed by atoms with Crippen molar-refractivity contribution in [2.75, 3.05) is 26.2 Å². The third-order valence-corrected chi connectivity index (χ3v) is 5.74. The highest BCUT2D eigenvalue weighted by atomic mass is 15.3. The van der Waals surface area contributed by atoms with Gasteiger partial charge in [0.1, 0.15) is 0 Å². The molecule has 0 aliphatic carbocycles. The summed E-state index contributed by atoms with van der Waals surface area (Å²) in [4.78, 5) is 4.74. The van der Waals surface area contributed by atoms with Crippen molar-refractivity contribution in [1.82, 2.24) is 21.5 Å². The molecule has 35 heavy (non-hydrogen) atoms. The zero-order valence-corrected chi connectivity index (χ0v) is 21.5. The van der Waals surface area contributed by atoms with Gasteiger partial charge >= 0.3 is 0 Å². The van der Waals surface area contributed by atoms with Gasteiger partial charge in [-0.3, -0.25) is 4.99 Å². The van der Waals surface area contributed by atoms with Crippen molar-refractivity contribution in [2.45, 2.75) is 40.0 Å². The minimum atomic E-state index is 0.680. The zero-order chi connectivity index (χ0) is 24.9. The van der Waals surface area contributed by atoms with Crippen LogP contribution in [0.1, 0.15) is 51.2 Å². The maximum absolute atomic E-state index is 4.74. The zero-order valence-electron chi connectivity index (χ0n) is 21.5. The molecule has 1 aliphatic heterocycles. The van der Waals surface area contributed by atoms with Crippen LogP contribution in [-0.2, 0) is 0 Å². The molecule has 3 rings (SSSR count). The van der Waals surface area contributed by atoms with Crippen LogP contribution in [-0.4, -0.2) is 32.4 Å². The minimum Gasteiger partial charge on any atom is -0.387 e. The molecule has 4 N–H and O–H groups in total. The number of rotatable bonds is 8. The summed E-state index contributed by atoms with van der Waals surface area (Å²) in [5.74, 6) is 0.680. The number of fused-ring (bicyclic) bond motifs is 1. The Bertz CT molecular complexity index is 1030. The van der Waals surface area contributed by atoms with E-state index in [1.807, 2.05) is 12.3 Å². The van der Waals surface area contributed by atoms with Gasteiger partial charge in [0.2, 0.25) is 0 Å². The fourth-order valence-corrected chi connectivity index (χ4v) is 3.82. The highest BCUT2D eigenvalue weighted by Gasteiger charge is 2.04. The molecule has 1 aliphatic rings. The second-order valence-electron chi connectivity index (χ2n) is 9.47. The van der Waals surface area contributed by atoms with E-state index in [2.05, 4.69) is 103 Å². The molecule has 2 aromatic carbocycles. The third kappa shape index (κ3) is 9.55. The number of allylic oxidation sites excluding steroid dienone is 2. The molecular weight excluding hydrogens is 430 g/mol. The highest BCUT2D eigenvalue weighted by Crippen LogP contribution is 2.29. The Balaban J connectivity index is 1.69. The lowest BCUT2D eigenvalue weighted by atomic mass is 10.00. The largest absolute Gasteiger partial charge is 0.387 e. The first-order valence-electron chi connectivity index (χ1n) is 12.8. The SMILES string of the molecule is C=C1/C=C\c2cc(-c3ccc(/C=C(\C)NCCNCC(C)C)cc3)ccc2/N=C/CCCCNN1. The van der Waals surface area contributed by atoms with Gasteiger partial charge in [0.15, 0.2) is 0 Å². The number of hydrazine groups is 1. The van der Waals surface area contributed by atoms with Crippen LogP contribution in [0.2, 0.25) is 0 Å². The molecule has 0 bridgehead atoms. The van der Waals surface area contributed by atoms with Gasteiger partial charge in [0.05, 0.1) is 5.69 Å². The normalized spacial score (nSPS) is 16.9. The van der Waals surface area contributed by atoms with Gasteiger partial charge < -0.3 is 16.1 Å². The van der Waals surface area contributed by atoms with Crippen LogP contribution in [0.4, 0.5) is 5.69 Å². The molecule has 0 spiro atoms. The van der Waals surface area contributed by atoms with Crippen molar-refractivity contribution >= 4 is 24.1 Å². The molecule has 5 heteroatoms. The minimum absolute atomic E-state index is 0.680. The Morgan fingerprint density at radius 2 is 1.86 bits per heavy atom. The van der Waals surface area contributed by atoms with Gasteiger partial charge in [-0.25, -0.2) is 5.43 Å². The lowest BCUT2D eigenvalue weighted by molar-refractivity contribution is 0.547. The van der Waals surface area contributed by atoms with Crippen molar-refractivity contribution in [1.29, 1.82) is 0 Å². The van der Waals surface area contributed by atoms with E-state index in [-0.39, 0.29) is 0 Å². The van der Waals surface area contributed by atoms with E-state index in [4.69, 9.17) is 4.99 Å². The second-order valence-corrected chi connectivity index (χ2v) is 9.47. The molecule has 0 unspecified atom stereocenters. The molecule has 1 heterocycles. The van der Waals surface area contributed by atoms with Gasteiger partial charge in [-0.1, -0.05) is 56.8 Å². The summed E-state index contributed by atoms with van der Waals surface area (Å²) in [5, 5.41) is 6.94. The smallest absolute Gasteiger partial charge is 0.0698 e. The number of benzene rings is 2. The fraction of sp³-hybridized carbons (Fsp3) is 0.367. The topological polar surface area (TPSA) is 60.5 Å².